The Kier molecular flexibility index (Phi) is 6.94. The molecule has 34 heavy (non-hydrogen) atoms. The van der Waals surface area contributed by atoms with Crippen LogP contribution in [0.5, 0.6) is 0 Å². The van der Waals surface area contributed by atoms with Gasteiger partial charge in [-0.3, -0.25) is 23.9 Å². The standard InChI is InChI=1S/C23H27N5O5S/c1-4-20(30)17-6-7-18(15(3)24-17)26-10-8-25(9-11-26)13-16-12-19-21(34-16)22(31)27(5-2)23(32)28(19)33-14-29/h6-7,12,14H,4-5,8-11,13H2,1-3H3. The fourth-order valence-corrected chi connectivity index (χ4v) is 5.37. The number of piperazine rings is 1. The molecule has 0 aromatic carbocycles. The van der Waals surface area contributed by atoms with Gasteiger partial charge in [0, 0.05) is 50.6 Å². The van der Waals surface area contributed by atoms with Crippen LogP contribution in [0.15, 0.2) is 27.8 Å². The number of hydrogen-bond donors (Lipinski definition) is 0. The van der Waals surface area contributed by atoms with Gasteiger partial charge in [-0.05, 0) is 32.0 Å². The molecule has 0 amide bonds. The Morgan fingerprint density at radius 3 is 2.53 bits per heavy atom. The van der Waals surface area contributed by atoms with E-state index >= 15 is 0 Å². The highest BCUT2D eigenvalue weighted by atomic mass is 32.1. The van der Waals surface area contributed by atoms with Crippen molar-refractivity contribution in [1.82, 2.24) is 19.2 Å². The molecule has 4 rings (SSSR count). The summed E-state index contributed by atoms with van der Waals surface area (Å²) in [5, 5.41) is 0. The fraction of sp³-hybridized carbons (Fsp3) is 0.435. The lowest BCUT2D eigenvalue weighted by Crippen LogP contribution is -2.46. The van der Waals surface area contributed by atoms with Crippen LogP contribution in [0, 0.1) is 6.92 Å². The van der Waals surface area contributed by atoms with Gasteiger partial charge in [-0.25, -0.2) is 9.78 Å². The van der Waals surface area contributed by atoms with Gasteiger partial charge in [-0.2, -0.15) is 0 Å². The van der Waals surface area contributed by atoms with Crippen molar-refractivity contribution in [2.45, 2.75) is 40.3 Å². The van der Waals surface area contributed by atoms with E-state index in [9.17, 15) is 19.2 Å². The lowest BCUT2D eigenvalue weighted by molar-refractivity contribution is -0.129. The van der Waals surface area contributed by atoms with Crippen LogP contribution in [0.3, 0.4) is 0 Å². The van der Waals surface area contributed by atoms with Crippen LogP contribution in [0.2, 0.25) is 0 Å². The average Bonchev–Trinajstić information content (AvgIpc) is 3.26. The second-order valence-corrected chi connectivity index (χ2v) is 9.23. The fourth-order valence-electron chi connectivity index (χ4n) is 4.25. The van der Waals surface area contributed by atoms with Crippen LogP contribution >= 0.6 is 11.3 Å². The van der Waals surface area contributed by atoms with E-state index < -0.39 is 5.69 Å². The first-order chi connectivity index (χ1) is 16.4. The summed E-state index contributed by atoms with van der Waals surface area (Å²) in [4.78, 5) is 62.9. The van der Waals surface area contributed by atoms with Crippen molar-refractivity contribution in [1.29, 1.82) is 0 Å². The molecule has 0 N–H and O–H groups in total. The average molecular weight is 486 g/mol. The second-order valence-electron chi connectivity index (χ2n) is 8.10. The van der Waals surface area contributed by atoms with E-state index in [2.05, 4.69) is 14.8 Å². The maximum atomic E-state index is 12.7. The van der Waals surface area contributed by atoms with E-state index in [-0.39, 0.29) is 24.4 Å². The van der Waals surface area contributed by atoms with Gasteiger partial charge in [0.1, 0.15) is 15.9 Å². The molecule has 1 saturated heterocycles. The Labute approximate surface area is 199 Å². The van der Waals surface area contributed by atoms with Crippen molar-refractivity contribution in [2.75, 3.05) is 31.1 Å². The van der Waals surface area contributed by atoms with Crippen molar-refractivity contribution in [3.63, 3.8) is 0 Å². The Morgan fingerprint density at radius 1 is 1.18 bits per heavy atom. The van der Waals surface area contributed by atoms with E-state index in [0.717, 1.165) is 51.7 Å². The number of hydrogen-bond acceptors (Lipinski definition) is 9. The van der Waals surface area contributed by atoms with Gasteiger partial charge < -0.3 is 9.74 Å². The van der Waals surface area contributed by atoms with Crippen LogP contribution in [-0.2, 0) is 17.9 Å². The number of aryl methyl sites for hydroxylation is 1. The molecule has 0 saturated carbocycles. The molecule has 4 heterocycles. The van der Waals surface area contributed by atoms with Crippen molar-refractivity contribution in [3.05, 3.63) is 55.3 Å². The predicted octanol–water partition coefficient (Wildman–Crippen LogP) is 1.45. The largest absolute Gasteiger partial charge is 0.368 e. The van der Waals surface area contributed by atoms with E-state index in [0.29, 0.717) is 28.9 Å². The molecule has 3 aromatic heterocycles. The Balaban J connectivity index is 1.50. The molecule has 3 aromatic rings. The number of fused-ring (bicyclic) bond motifs is 1. The quantitative estimate of drug-likeness (QED) is 0.349. The zero-order valence-electron chi connectivity index (χ0n) is 19.4. The maximum absolute atomic E-state index is 12.7. The monoisotopic (exact) mass is 485 g/mol. The molecule has 1 aliphatic heterocycles. The minimum atomic E-state index is -0.666. The van der Waals surface area contributed by atoms with Gasteiger partial charge in [-0.1, -0.05) is 6.92 Å². The molecule has 0 radical (unpaired) electrons. The van der Waals surface area contributed by atoms with Crippen molar-refractivity contribution < 1.29 is 14.4 Å². The van der Waals surface area contributed by atoms with Gasteiger partial charge in [0.05, 0.1) is 11.4 Å². The van der Waals surface area contributed by atoms with Crippen molar-refractivity contribution >= 4 is 39.5 Å². The molecule has 0 atom stereocenters. The topological polar surface area (TPSA) is 107 Å². The minimum absolute atomic E-state index is 0.0393. The third-order valence-corrected chi connectivity index (χ3v) is 7.15. The summed E-state index contributed by atoms with van der Waals surface area (Å²) in [6.07, 6.45) is 0.436. The summed E-state index contributed by atoms with van der Waals surface area (Å²) in [6.45, 7) is 9.66. The number of carbonyl (C=O) groups excluding carboxylic acids is 2. The van der Waals surface area contributed by atoms with E-state index in [1.165, 1.54) is 11.3 Å². The smallest absolute Gasteiger partial charge is 0.365 e. The number of thiophene rings is 1. The molecule has 0 aliphatic carbocycles. The van der Waals surface area contributed by atoms with Gasteiger partial charge in [0.15, 0.2) is 5.78 Å². The number of Topliss-reactive ketones (excluding diaryl/α,β-unsaturated/α-hetero) is 1. The van der Waals surface area contributed by atoms with Crippen LogP contribution in [0.25, 0.3) is 10.2 Å². The molecule has 0 bridgehead atoms. The summed E-state index contributed by atoms with van der Waals surface area (Å²) in [6, 6.07) is 5.51. The maximum Gasteiger partial charge on any atom is 0.365 e. The highest BCUT2D eigenvalue weighted by Gasteiger charge is 2.22. The molecular weight excluding hydrogens is 458 g/mol. The zero-order valence-corrected chi connectivity index (χ0v) is 20.3. The van der Waals surface area contributed by atoms with Crippen molar-refractivity contribution in [3.8, 4) is 0 Å². The molecule has 1 fully saturated rings. The number of carbonyl (C=O) groups is 2. The lowest BCUT2D eigenvalue weighted by atomic mass is 10.1. The third kappa shape index (κ3) is 4.40. The van der Waals surface area contributed by atoms with E-state index in [1.54, 1.807) is 19.1 Å². The summed E-state index contributed by atoms with van der Waals surface area (Å²) in [5.74, 6) is 0.0393. The van der Waals surface area contributed by atoms with Crippen LogP contribution < -0.4 is 21.0 Å². The highest BCUT2D eigenvalue weighted by Crippen LogP contribution is 2.25. The number of anilines is 1. The number of ketones is 1. The van der Waals surface area contributed by atoms with E-state index in [4.69, 9.17) is 4.84 Å². The number of nitrogens with zero attached hydrogens (tertiary/aromatic N) is 5. The van der Waals surface area contributed by atoms with Crippen LogP contribution in [0.4, 0.5) is 5.69 Å². The summed E-state index contributed by atoms with van der Waals surface area (Å²) in [7, 11) is 0. The summed E-state index contributed by atoms with van der Waals surface area (Å²) >= 11 is 1.32. The molecule has 180 valence electrons. The first-order valence-corrected chi connectivity index (χ1v) is 12.1. The van der Waals surface area contributed by atoms with Gasteiger partial charge in [0.2, 0.25) is 0 Å². The lowest BCUT2D eigenvalue weighted by Gasteiger charge is -2.36. The zero-order chi connectivity index (χ0) is 24.4. The number of aromatic nitrogens is 3. The molecule has 10 nitrogen and oxygen atoms in total. The van der Waals surface area contributed by atoms with Crippen LogP contribution in [0.1, 0.15) is 41.3 Å². The molecule has 0 spiro atoms. The molecular formula is C23H27N5O5S. The Hall–Kier alpha value is -3.31. The first kappa shape index (κ1) is 23.8. The van der Waals surface area contributed by atoms with Gasteiger partial charge in [0.25, 0.3) is 5.56 Å². The summed E-state index contributed by atoms with van der Waals surface area (Å²) < 4.78 is 2.33. The molecule has 1 aliphatic rings. The van der Waals surface area contributed by atoms with Crippen LogP contribution in [-0.4, -0.2) is 57.6 Å². The second kappa shape index (κ2) is 9.90. The minimum Gasteiger partial charge on any atom is -0.368 e. The Morgan fingerprint density at radius 2 is 1.91 bits per heavy atom. The predicted molar refractivity (Wildman–Crippen MR) is 130 cm³/mol. The van der Waals surface area contributed by atoms with Crippen molar-refractivity contribution in [2.24, 2.45) is 0 Å². The number of rotatable bonds is 8. The van der Waals surface area contributed by atoms with Gasteiger partial charge >= 0.3 is 12.2 Å². The number of pyridine rings is 1. The van der Waals surface area contributed by atoms with E-state index in [1.807, 2.05) is 19.9 Å². The third-order valence-electron chi connectivity index (χ3n) is 6.05. The molecule has 0 unspecified atom stereocenters. The molecule has 11 heteroatoms. The Bertz CT molecular complexity index is 1350. The highest BCUT2D eigenvalue weighted by molar-refractivity contribution is 7.18. The summed E-state index contributed by atoms with van der Waals surface area (Å²) in [5.41, 5.74) is 1.66. The first-order valence-electron chi connectivity index (χ1n) is 11.2. The SMILES string of the molecule is CCC(=O)c1ccc(N2CCN(Cc3cc4c(s3)c(=O)n(CC)c(=O)n4OC=O)CC2)c(C)n1. The normalized spacial score (nSPS) is 14.5. The van der Waals surface area contributed by atoms with Gasteiger partial charge in [-0.15, -0.1) is 16.1 Å².